The van der Waals surface area contributed by atoms with Crippen LogP contribution in [0, 0.1) is 6.92 Å². The van der Waals surface area contributed by atoms with Crippen molar-refractivity contribution in [3.8, 4) is 5.13 Å². The van der Waals surface area contributed by atoms with Gasteiger partial charge in [0, 0.05) is 5.39 Å². The molecule has 0 N–H and O–H groups in total. The van der Waals surface area contributed by atoms with Crippen molar-refractivity contribution in [2.75, 3.05) is 31.3 Å². The predicted molar refractivity (Wildman–Crippen MR) is 104 cm³/mol. The van der Waals surface area contributed by atoms with Gasteiger partial charge in [0.15, 0.2) is 5.13 Å². The van der Waals surface area contributed by atoms with E-state index in [1.807, 2.05) is 29.3 Å². The molecule has 0 radical (unpaired) electrons. The number of nitrogens with zero attached hydrogens (tertiary/aromatic N) is 5. The molecule has 1 saturated heterocycles. The predicted octanol–water partition coefficient (Wildman–Crippen LogP) is -2.00. The Morgan fingerprint density at radius 3 is 2.68 bits per heavy atom. The fourth-order valence-corrected chi connectivity index (χ4v) is 4.41. The molecular weight excluding hydrogens is 389 g/mol. The summed E-state index contributed by atoms with van der Waals surface area (Å²) in [6.45, 7) is 4.10. The van der Waals surface area contributed by atoms with Gasteiger partial charge in [-0.15, -0.1) is 5.52 Å². The molecule has 4 heterocycles. The number of ether oxygens (including phenoxy) is 1. The summed E-state index contributed by atoms with van der Waals surface area (Å²) in [7, 11) is 0. The van der Waals surface area contributed by atoms with Crippen molar-refractivity contribution < 1.29 is 34.3 Å². The molecule has 0 spiro atoms. The molecule has 4 aromatic rings. The monoisotopic (exact) mass is 405 g/mol. The number of morpholine rings is 1. The van der Waals surface area contributed by atoms with Crippen LogP contribution in [-0.2, 0) is 4.74 Å². The van der Waals surface area contributed by atoms with Crippen LogP contribution in [0.4, 0.5) is 0 Å². The van der Waals surface area contributed by atoms with Gasteiger partial charge >= 0.3 is 29.6 Å². The molecule has 0 amide bonds. The van der Waals surface area contributed by atoms with Crippen LogP contribution >= 0.6 is 11.3 Å². The Labute approximate surface area is 185 Å². The third-order valence-electron chi connectivity index (χ3n) is 4.75. The Morgan fingerprint density at radius 1 is 1.18 bits per heavy atom. The van der Waals surface area contributed by atoms with Gasteiger partial charge in [-0.1, -0.05) is 23.5 Å². The van der Waals surface area contributed by atoms with Crippen LogP contribution in [0.2, 0.25) is 0 Å². The Kier molecular flexibility index (Phi) is 5.19. The summed E-state index contributed by atoms with van der Waals surface area (Å²) in [6, 6.07) is 9.11. The zero-order valence-corrected chi connectivity index (χ0v) is 18.4. The SMILES string of the molecule is Cc1c2c(=O)n(-c3nc4ccccc4s3)[n-]c2cc(=O)n1N1CCOCC1.[Na+]. The van der Waals surface area contributed by atoms with Gasteiger partial charge in [0.1, 0.15) is 0 Å². The summed E-state index contributed by atoms with van der Waals surface area (Å²) in [4.78, 5) is 30.3. The number of hydrogen-bond donors (Lipinski definition) is 0. The first-order chi connectivity index (χ1) is 13.1. The first kappa shape index (κ1) is 19.4. The van der Waals surface area contributed by atoms with Crippen molar-refractivity contribution in [2.45, 2.75) is 6.92 Å². The Bertz CT molecular complexity index is 1250. The van der Waals surface area contributed by atoms with Crippen LogP contribution in [0.3, 0.4) is 0 Å². The van der Waals surface area contributed by atoms with Crippen molar-refractivity contribution in [3.63, 3.8) is 0 Å². The van der Waals surface area contributed by atoms with Crippen LogP contribution in [-0.4, -0.2) is 40.6 Å². The number of aryl methyl sites for hydroxylation is 1. The first-order valence-corrected chi connectivity index (χ1v) is 9.46. The van der Waals surface area contributed by atoms with Crippen LogP contribution in [0.1, 0.15) is 5.69 Å². The number of thiazole rings is 1. The smallest absolute Gasteiger partial charge is 0.585 e. The van der Waals surface area contributed by atoms with Gasteiger partial charge < -0.3 is 19.5 Å². The minimum atomic E-state index is -0.261. The second-order valence-electron chi connectivity index (χ2n) is 6.39. The van der Waals surface area contributed by atoms with Crippen LogP contribution in [0.25, 0.3) is 26.3 Å². The number of hydrogen-bond acceptors (Lipinski definition) is 6. The van der Waals surface area contributed by atoms with Crippen molar-refractivity contribution in [1.29, 1.82) is 0 Å². The second kappa shape index (κ2) is 7.49. The summed E-state index contributed by atoms with van der Waals surface area (Å²) in [5.41, 5.74) is 1.35. The summed E-state index contributed by atoms with van der Waals surface area (Å²) in [6.07, 6.45) is 0. The van der Waals surface area contributed by atoms with E-state index in [0.717, 1.165) is 10.2 Å². The molecular formula is C18H16N5NaO3S. The number of rotatable bonds is 2. The van der Waals surface area contributed by atoms with E-state index in [9.17, 15) is 9.59 Å². The Balaban J connectivity index is 0.00000192. The molecule has 1 fully saturated rings. The normalized spacial score (nSPS) is 14.5. The zero-order chi connectivity index (χ0) is 18.5. The fraction of sp³-hybridized carbons (Fsp3) is 0.278. The summed E-state index contributed by atoms with van der Waals surface area (Å²) in [5.74, 6) is 0. The number of aromatic nitrogens is 4. The van der Waals surface area contributed by atoms with Gasteiger partial charge in [0.05, 0.1) is 42.2 Å². The molecule has 0 aliphatic carbocycles. The van der Waals surface area contributed by atoms with E-state index in [1.54, 1.807) is 11.6 Å². The topological polar surface area (TPSA) is 83.5 Å². The van der Waals surface area contributed by atoms with Gasteiger partial charge in [0.25, 0.3) is 5.56 Å². The Hall–Kier alpha value is -1.91. The van der Waals surface area contributed by atoms with E-state index < -0.39 is 0 Å². The molecule has 8 nitrogen and oxygen atoms in total. The third kappa shape index (κ3) is 3.03. The van der Waals surface area contributed by atoms with Crippen molar-refractivity contribution in [2.24, 2.45) is 0 Å². The van der Waals surface area contributed by atoms with Gasteiger partial charge in [-0.05, 0) is 25.1 Å². The van der Waals surface area contributed by atoms with Crippen LogP contribution in [0.5, 0.6) is 0 Å². The van der Waals surface area contributed by atoms with Crippen molar-refractivity contribution in [1.82, 2.24) is 19.4 Å². The van der Waals surface area contributed by atoms with Gasteiger partial charge in [-0.25, -0.2) is 9.66 Å². The van der Waals surface area contributed by atoms with Gasteiger partial charge in [-0.2, -0.15) is 0 Å². The molecule has 0 saturated carbocycles. The van der Waals surface area contributed by atoms with E-state index in [0.29, 0.717) is 48.0 Å². The molecule has 0 bridgehead atoms. The molecule has 1 aliphatic heterocycles. The fourth-order valence-electron chi connectivity index (χ4n) is 3.49. The molecule has 5 rings (SSSR count). The second-order valence-corrected chi connectivity index (χ2v) is 7.40. The van der Waals surface area contributed by atoms with Gasteiger partial charge in [0.2, 0.25) is 5.56 Å². The van der Waals surface area contributed by atoms with Crippen molar-refractivity contribution >= 4 is 32.5 Å². The number of fused-ring (bicyclic) bond motifs is 2. The molecule has 138 valence electrons. The van der Waals surface area contributed by atoms with Crippen LogP contribution < -0.4 is 50.8 Å². The van der Waals surface area contributed by atoms with E-state index in [2.05, 4.69) is 10.1 Å². The number of para-hydroxylation sites is 1. The van der Waals surface area contributed by atoms with Crippen molar-refractivity contribution in [3.05, 3.63) is 56.7 Å². The van der Waals surface area contributed by atoms with E-state index in [-0.39, 0.29) is 40.7 Å². The molecule has 1 aliphatic rings. The largest absolute Gasteiger partial charge is 1.00 e. The zero-order valence-electron chi connectivity index (χ0n) is 15.6. The van der Waals surface area contributed by atoms with E-state index >= 15 is 0 Å². The maximum absolute atomic E-state index is 13.1. The molecule has 28 heavy (non-hydrogen) atoms. The minimum Gasteiger partial charge on any atom is -0.585 e. The standard InChI is InChI=1S/C18H17N5O3S.Na/c1-11-16-13(10-15(24)23(11)21-6-8-26-9-7-21)20-22(17(16)25)18-19-12-4-2-3-5-14(12)27-18;/h2-5,10H,6-9H2,1H3,(H,20,24);/q;+1/p-1. The van der Waals surface area contributed by atoms with E-state index in [4.69, 9.17) is 4.74 Å². The maximum Gasteiger partial charge on any atom is 1.00 e. The quantitative estimate of drug-likeness (QED) is 0.359. The summed E-state index contributed by atoms with van der Waals surface area (Å²) in [5, 5.41) is 7.24. The molecule has 10 heteroatoms. The Morgan fingerprint density at radius 2 is 1.93 bits per heavy atom. The van der Waals surface area contributed by atoms with E-state index in [1.165, 1.54) is 22.1 Å². The first-order valence-electron chi connectivity index (χ1n) is 8.65. The van der Waals surface area contributed by atoms with Gasteiger partial charge in [-0.3, -0.25) is 9.59 Å². The molecule has 0 atom stereocenters. The number of benzene rings is 1. The summed E-state index contributed by atoms with van der Waals surface area (Å²) >= 11 is 1.40. The average molecular weight is 405 g/mol. The average Bonchev–Trinajstić information content (AvgIpc) is 3.23. The number of pyridine rings is 1. The molecule has 3 aromatic heterocycles. The van der Waals surface area contributed by atoms with Crippen LogP contribution in [0.15, 0.2) is 39.9 Å². The minimum absolute atomic E-state index is 0. The third-order valence-corrected chi connectivity index (χ3v) is 5.76. The maximum atomic E-state index is 13.1. The molecule has 1 aromatic carbocycles. The summed E-state index contributed by atoms with van der Waals surface area (Å²) < 4.78 is 9.21. The molecule has 0 unspecified atom stereocenters.